The minimum absolute atomic E-state index is 0.785. The first-order valence-corrected chi connectivity index (χ1v) is 10.7. The van der Waals surface area contributed by atoms with Crippen molar-refractivity contribution in [2.45, 2.75) is 90.4 Å². The van der Waals surface area contributed by atoms with E-state index in [1.165, 1.54) is 70.6 Å². The van der Waals surface area contributed by atoms with Crippen molar-refractivity contribution < 1.29 is 0 Å². The summed E-state index contributed by atoms with van der Waals surface area (Å²) in [5.41, 5.74) is 1.60. The SMILES string of the molecule is CCC(C)[C](CC1CCCCC1)CC(c1ccccc1)C1CCC1. The molecule has 3 rings (SSSR count). The maximum Gasteiger partial charge on any atom is -0.0128 e. The standard InChI is InChI=1S/C24H37/c1-3-19(2)23(17-20-11-6-4-7-12-20)18-24(22-15-10-16-22)21-13-8-5-9-14-21/h5,8-9,13-14,19-20,22,24H,3-4,6-7,10-12,15-18H2,1-2H3. The molecule has 0 saturated heterocycles. The van der Waals surface area contributed by atoms with Crippen LogP contribution in [0.2, 0.25) is 0 Å². The van der Waals surface area contributed by atoms with Crippen molar-refractivity contribution in [3.63, 3.8) is 0 Å². The molecule has 2 aliphatic rings. The largest absolute Gasteiger partial charge is 0.0651 e. The fraction of sp³-hybridized carbons (Fsp3) is 0.708. The summed E-state index contributed by atoms with van der Waals surface area (Å²) in [5.74, 6) is 5.41. The normalized spacial score (nSPS) is 22.3. The van der Waals surface area contributed by atoms with Gasteiger partial charge in [-0.25, -0.2) is 0 Å². The molecule has 2 aliphatic carbocycles. The van der Waals surface area contributed by atoms with Gasteiger partial charge in [-0.05, 0) is 60.8 Å². The highest BCUT2D eigenvalue weighted by molar-refractivity contribution is 5.23. The van der Waals surface area contributed by atoms with E-state index in [0.29, 0.717) is 0 Å². The summed E-state index contributed by atoms with van der Waals surface area (Å²) in [4.78, 5) is 0. The lowest BCUT2D eigenvalue weighted by molar-refractivity contribution is 0.237. The lowest BCUT2D eigenvalue weighted by Crippen LogP contribution is -2.25. The van der Waals surface area contributed by atoms with Gasteiger partial charge >= 0.3 is 0 Å². The van der Waals surface area contributed by atoms with E-state index in [0.717, 1.165) is 23.7 Å². The molecular weight excluding hydrogens is 288 g/mol. The lowest BCUT2D eigenvalue weighted by atomic mass is 9.66. The van der Waals surface area contributed by atoms with Crippen LogP contribution in [0.4, 0.5) is 0 Å². The Balaban J connectivity index is 1.70. The quantitative estimate of drug-likeness (QED) is 0.463. The zero-order valence-electron chi connectivity index (χ0n) is 16.0. The summed E-state index contributed by atoms with van der Waals surface area (Å²) in [6.07, 6.45) is 15.9. The van der Waals surface area contributed by atoms with Gasteiger partial charge in [0, 0.05) is 0 Å². The van der Waals surface area contributed by atoms with Crippen molar-refractivity contribution in [3.8, 4) is 0 Å². The van der Waals surface area contributed by atoms with Crippen LogP contribution in [0.15, 0.2) is 30.3 Å². The van der Waals surface area contributed by atoms with E-state index in [4.69, 9.17) is 0 Å². The van der Waals surface area contributed by atoms with Gasteiger partial charge in [-0.2, -0.15) is 0 Å². The molecule has 0 heterocycles. The van der Waals surface area contributed by atoms with Crippen molar-refractivity contribution in [2.24, 2.45) is 17.8 Å². The Labute approximate surface area is 150 Å². The van der Waals surface area contributed by atoms with Crippen LogP contribution in [-0.2, 0) is 0 Å². The maximum absolute atomic E-state index is 2.49. The molecule has 0 heteroatoms. The molecule has 0 bridgehead atoms. The van der Waals surface area contributed by atoms with Gasteiger partial charge in [-0.3, -0.25) is 0 Å². The van der Waals surface area contributed by atoms with Crippen LogP contribution in [0.5, 0.6) is 0 Å². The van der Waals surface area contributed by atoms with E-state index in [1.54, 1.807) is 5.56 Å². The maximum atomic E-state index is 2.49. The fourth-order valence-corrected chi connectivity index (χ4v) is 4.92. The Hall–Kier alpha value is -0.780. The molecule has 1 radical (unpaired) electrons. The van der Waals surface area contributed by atoms with Crippen LogP contribution in [0.25, 0.3) is 0 Å². The van der Waals surface area contributed by atoms with Crippen LogP contribution in [0, 0.1) is 23.7 Å². The molecular formula is C24H37. The topological polar surface area (TPSA) is 0 Å². The first kappa shape index (κ1) is 18.0. The monoisotopic (exact) mass is 325 g/mol. The Bertz CT molecular complexity index is 452. The zero-order chi connectivity index (χ0) is 16.8. The van der Waals surface area contributed by atoms with E-state index in [-0.39, 0.29) is 0 Å². The van der Waals surface area contributed by atoms with Gasteiger partial charge in [0.15, 0.2) is 0 Å². The second-order valence-corrected chi connectivity index (χ2v) is 8.59. The van der Waals surface area contributed by atoms with Crippen molar-refractivity contribution in [3.05, 3.63) is 41.8 Å². The minimum Gasteiger partial charge on any atom is -0.0651 e. The summed E-state index contributed by atoms with van der Waals surface area (Å²) < 4.78 is 0. The van der Waals surface area contributed by atoms with E-state index in [2.05, 4.69) is 44.2 Å². The third-order valence-corrected chi connectivity index (χ3v) is 7.01. The van der Waals surface area contributed by atoms with Crippen molar-refractivity contribution >= 4 is 0 Å². The number of rotatable bonds is 8. The van der Waals surface area contributed by atoms with E-state index in [9.17, 15) is 0 Å². The minimum atomic E-state index is 0.785. The molecule has 0 spiro atoms. The highest BCUT2D eigenvalue weighted by Gasteiger charge is 2.33. The second-order valence-electron chi connectivity index (χ2n) is 8.59. The zero-order valence-corrected chi connectivity index (χ0v) is 16.0. The first-order chi connectivity index (χ1) is 11.8. The number of hydrogen-bond donors (Lipinski definition) is 0. The molecule has 2 unspecified atom stereocenters. The summed E-state index contributed by atoms with van der Waals surface area (Å²) in [5, 5.41) is 0. The van der Waals surface area contributed by atoms with Crippen LogP contribution in [0.3, 0.4) is 0 Å². The fourth-order valence-electron chi connectivity index (χ4n) is 4.92. The molecule has 0 nitrogen and oxygen atoms in total. The second kappa shape index (κ2) is 9.07. The lowest BCUT2D eigenvalue weighted by Gasteiger charge is -2.38. The van der Waals surface area contributed by atoms with Crippen LogP contribution >= 0.6 is 0 Å². The first-order valence-electron chi connectivity index (χ1n) is 10.7. The average Bonchev–Trinajstić information content (AvgIpc) is 2.60. The molecule has 1 aromatic carbocycles. The van der Waals surface area contributed by atoms with Gasteiger partial charge in [0.05, 0.1) is 0 Å². The predicted molar refractivity (Wildman–Crippen MR) is 105 cm³/mol. The molecule has 0 aliphatic heterocycles. The Kier molecular flexibility index (Phi) is 6.81. The average molecular weight is 326 g/mol. The van der Waals surface area contributed by atoms with E-state index in [1.807, 2.05) is 5.92 Å². The third-order valence-electron chi connectivity index (χ3n) is 7.01. The molecule has 2 saturated carbocycles. The summed E-state index contributed by atoms with van der Waals surface area (Å²) in [6.45, 7) is 4.87. The van der Waals surface area contributed by atoms with Gasteiger partial charge in [0.2, 0.25) is 0 Å². The summed E-state index contributed by atoms with van der Waals surface area (Å²) in [7, 11) is 0. The molecule has 0 aromatic heterocycles. The van der Waals surface area contributed by atoms with E-state index < -0.39 is 0 Å². The summed E-state index contributed by atoms with van der Waals surface area (Å²) >= 11 is 0. The molecule has 2 atom stereocenters. The van der Waals surface area contributed by atoms with Gasteiger partial charge in [-0.15, -0.1) is 0 Å². The van der Waals surface area contributed by atoms with Crippen molar-refractivity contribution in [2.75, 3.05) is 0 Å². The highest BCUT2D eigenvalue weighted by Crippen LogP contribution is 2.46. The smallest absolute Gasteiger partial charge is 0.0128 e. The van der Waals surface area contributed by atoms with Gasteiger partial charge in [-0.1, -0.05) is 89.1 Å². The van der Waals surface area contributed by atoms with Gasteiger partial charge in [0.25, 0.3) is 0 Å². The van der Waals surface area contributed by atoms with Crippen LogP contribution in [0.1, 0.15) is 96.0 Å². The van der Waals surface area contributed by atoms with Crippen LogP contribution < -0.4 is 0 Å². The van der Waals surface area contributed by atoms with Crippen LogP contribution in [-0.4, -0.2) is 0 Å². The molecule has 133 valence electrons. The Morgan fingerprint density at radius 1 is 0.958 bits per heavy atom. The van der Waals surface area contributed by atoms with Gasteiger partial charge in [0.1, 0.15) is 0 Å². The number of hydrogen-bond acceptors (Lipinski definition) is 0. The Morgan fingerprint density at radius 2 is 1.67 bits per heavy atom. The Morgan fingerprint density at radius 3 is 2.25 bits per heavy atom. The predicted octanol–water partition coefficient (Wildman–Crippen LogP) is 7.55. The molecule has 0 N–H and O–H groups in total. The number of benzene rings is 1. The molecule has 2 fully saturated rings. The third kappa shape index (κ3) is 4.64. The van der Waals surface area contributed by atoms with Gasteiger partial charge < -0.3 is 0 Å². The molecule has 1 aromatic rings. The highest BCUT2D eigenvalue weighted by atomic mass is 14.4. The molecule has 0 amide bonds. The van der Waals surface area contributed by atoms with E-state index >= 15 is 0 Å². The summed E-state index contributed by atoms with van der Waals surface area (Å²) in [6, 6.07) is 11.4. The van der Waals surface area contributed by atoms with Crippen molar-refractivity contribution in [1.82, 2.24) is 0 Å². The van der Waals surface area contributed by atoms with Crippen molar-refractivity contribution in [1.29, 1.82) is 0 Å². The molecule has 24 heavy (non-hydrogen) atoms.